The normalized spacial score (nSPS) is 11.0. The summed E-state index contributed by atoms with van der Waals surface area (Å²) in [6.45, 7) is 0. The second-order valence-corrected chi connectivity index (χ2v) is 11.9. The Kier molecular flexibility index (Phi) is 7.63. The molecule has 0 aliphatic rings. The second kappa shape index (κ2) is 12.7. The van der Waals surface area contributed by atoms with Gasteiger partial charge in [-0.3, -0.25) is 0 Å². The third kappa shape index (κ3) is 5.95. The van der Waals surface area contributed by atoms with Crippen LogP contribution in [0.25, 0.3) is 55.3 Å². The van der Waals surface area contributed by atoms with Crippen LogP contribution in [0.1, 0.15) is 0 Å². The molecule has 0 radical (unpaired) electrons. The molecule has 8 rings (SSSR count). The number of hydrogen-bond donors (Lipinski definition) is 0. The van der Waals surface area contributed by atoms with Crippen LogP contribution in [0, 0.1) is 0 Å². The lowest BCUT2D eigenvalue weighted by molar-refractivity contribution is 1.28. The molecule has 0 aliphatic carbocycles. The van der Waals surface area contributed by atoms with Gasteiger partial charge in [0.2, 0.25) is 0 Å². The maximum atomic E-state index is 2.34. The van der Waals surface area contributed by atoms with Crippen LogP contribution in [0.15, 0.2) is 200 Å². The molecule has 0 saturated heterocycles. The molecular formula is C46H33N. The molecule has 0 saturated carbocycles. The van der Waals surface area contributed by atoms with Crippen molar-refractivity contribution in [3.8, 4) is 44.5 Å². The van der Waals surface area contributed by atoms with Gasteiger partial charge in [-0.2, -0.15) is 0 Å². The highest BCUT2D eigenvalue weighted by Crippen LogP contribution is 2.39. The van der Waals surface area contributed by atoms with Gasteiger partial charge in [-0.15, -0.1) is 0 Å². The van der Waals surface area contributed by atoms with Gasteiger partial charge in [0.15, 0.2) is 0 Å². The SMILES string of the molecule is c1ccc(-c2cc(-c3ccccc3)cc(-c3ccc(N(c4ccccc4)c4cccc(-c5ccc6ccccc6c5)c4)cc3)c2)cc1. The summed E-state index contributed by atoms with van der Waals surface area (Å²) in [6, 6.07) is 71.9. The minimum Gasteiger partial charge on any atom is -0.310 e. The first-order chi connectivity index (χ1) is 23.3. The highest BCUT2D eigenvalue weighted by molar-refractivity contribution is 5.89. The minimum absolute atomic E-state index is 1.11. The first-order valence-electron chi connectivity index (χ1n) is 16.1. The number of hydrogen-bond acceptors (Lipinski definition) is 1. The Balaban J connectivity index is 1.19. The van der Waals surface area contributed by atoms with Crippen LogP contribution in [-0.4, -0.2) is 0 Å². The first kappa shape index (κ1) is 28.3. The summed E-state index contributed by atoms with van der Waals surface area (Å²) in [7, 11) is 0. The summed E-state index contributed by atoms with van der Waals surface area (Å²) in [5, 5.41) is 2.50. The predicted molar refractivity (Wildman–Crippen MR) is 200 cm³/mol. The molecule has 0 bridgehead atoms. The first-order valence-corrected chi connectivity index (χ1v) is 16.1. The molecule has 8 aromatic rings. The lowest BCUT2D eigenvalue weighted by Gasteiger charge is -2.26. The van der Waals surface area contributed by atoms with Crippen molar-refractivity contribution in [2.24, 2.45) is 0 Å². The number of benzene rings is 8. The number of para-hydroxylation sites is 1. The molecule has 0 amide bonds. The van der Waals surface area contributed by atoms with Crippen molar-refractivity contribution in [3.63, 3.8) is 0 Å². The van der Waals surface area contributed by atoms with Gasteiger partial charge >= 0.3 is 0 Å². The van der Waals surface area contributed by atoms with E-state index in [1.807, 2.05) is 0 Å². The van der Waals surface area contributed by atoms with Crippen LogP contribution in [0.2, 0.25) is 0 Å². The van der Waals surface area contributed by atoms with E-state index >= 15 is 0 Å². The molecule has 0 atom stereocenters. The quantitative estimate of drug-likeness (QED) is 0.176. The van der Waals surface area contributed by atoms with E-state index in [2.05, 4.69) is 205 Å². The lowest BCUT2D eigenvalue weighted by atomic mass is 9.93. The van der Waals surface area contributed by atoms with Crippen molar-refractivity contribution in [2.75, 3.05) is 4.90 Å². The van der Waals surface area contributed by atoms with E-state index in [9.17, 15) is 0 Å². The summed E-state index contributed by atoms with van der Waals surface area (Å²) in [5.74, 6) is 0. The molecule has 47 heavy (non-hydrogen) atoms. The fourth-order valence-electron chi connectivity index (χ4n) is 6.41. The van der Waals surface area contributed by atoms with Crippen LogP contribution < -0.4 is 4.90 Å². The monoisotopic (exact) mass is 599 g/mol. The second-order valence-electron chi connectivity index (χ2n) is 11.9. The summed E-state index contributed by atoms with van der Waals surface area (Å²) in [6.07, 6.45) is 0. The third-order valence-corrected chi connectivity index (χ3v) is 8.81. The van der Waals surface area contributed by atoms with E-state index in [-0.39, 0.29) is 0 Å². The van der Waals surface area contributed by atoms with Gasteiger partial charge in [0, 0.05) is 17.1 Å². The van der Waals surface area contributed by atoms with Gasteiger partial charge in [-0.25, -0.2) is 0 Å². The molecule has 222 valence electrons. The van der Waals surface area contributed by atoms with Gasteiger partial charge < -0.3 is 4.90 Å². The van der Waals surface area contributed by atoms with E-state index in [1.54, 1.807) is 0 Å². The Morgan fingerprint density at radius 3 is 1.26 bits per heavy atom. The van der Waals surface area contributed by atoms with Gasteiger partial charge in [0.05, 0.1) is 0 Å². The molecular weight excluding hydrogens is 567 g/mol. The molecule has 0 aromatic heterocycles. The number of rotatable bonds is 7. The van der Waals surface area contributed by atoms with Crippen molar-refractivity contribution < 1.29 is 0 Å². The van der Waals surface area contributed by atoms with Crippen molar-refractivity contribution in [1.82, 2.24) is 0 Å². The zero-order chi connectivity index (χ0) is 31.4. The molecule has 0 aliphatic heterocycles. The third-order valence-electron chi connectivity index (χ3n) is 8.81. The van der Waals surface area contributed by atoms with E-state index in [0.717, 1.165) is 17.1 Å². The number of fused-ring (bicyclic) bond motifs is 1. The molecule has 0 spiro atoms. The van der Waals surface area contributed by atoms with E-state index in [0.29, 0.717) is 0 Å². The van der Waals surface area contributed by atoms with Crippen molar-refractivity contribution >= 4 is 27.8 Å². The van der Waals surface area contributed by atoms with Gasteiger partial charge in [-0.05, 0) is 116 Å². The molecule has 0 N–H and O–H groups in total. The fourth-order valence-corrected chi connectivity index (χ4v) is 6.41. The van der Waals surface area contributed by atoms with E-state index in [1.165, 1.54) is 55.3 Å². The topological polar surface area (TPSA) is 3.24 Å². The van der Waals surface area contributed by atoms with Crippen LogP contribution in [0.5, 0.6) is 0 Å². The highest BCUT2D eigenvalue weighted by Gasteiger charge is 2.14. The summed E-state index contributed by atoms with van der Waals surface area (Å²) in [5.41, 5.74) is 13.0. The fraction of sp³-hybridized carbons (Fsp3) is 0. The highest BCUT2D eigenvalue weighted by atomic mass is 15.1. The van der Waals surface area contributed by atoms with Crippen LogP contribution in [0.4, 0.5) is 17.1 Å². The Bertz CT molecular complexity index is 2210. The van der Waals surface area contributed by atoms with Gasteiger partial charge in [0.25, 0.3) is 0 Å². The average molecular weight is 600 g/mol. The number of nitrogens with zero attached hydrogens (tertiary/aromatic N) is 1. The zero-order valence-electron chi connectivity index (χ0n) is 26.0. The largest absolute Gasteiger partial charge is 0.310 e. The summed E-state index contributed by atoms with van der Waals surface area (Å²) < 4.78 is 0. The standard InChI is InChI=1S/C46H33N/c1-4-13-34(14-5-1)41-30-42(35-15-6-2-7-16-35)32-43(31-41)37-25-27-45(28-26-37)47(44-20-8-3-9-21-44)46-22-12-19-39(33-46)40-24-23-36-17-10-11-18-38(36)29-40/h1-33H. The maximum absolute atomic E-state index is 2.34. The molecule has 0 heterocycles. The Hall–Kier alpha value is -6.18. The van der Waals surface area contributed by atoms with E-state index < -0.39 is 0 Å². The number of anilines is 3. The van der Waals surface area contributed by atoms with Gasteiger partial charge in [-0.1, -0.05) is 140 Å². The van der Waals surface area contributed by atoms with Crippen LogP contribution in [-0.2, 0) is 0 Å². The van der Waals surface area contributed by atoms with Crippen LogP contribution >= 0.6 is 0 Å². The van der Waals surface area contributed by atoms with Crippen molar-refractivity contribution in [1.29, 1.82) is 0 Å². The smallest absolute Gasteiger partial charge is 0.0467 e. The molecule has 1 nitrogen and oxygen atoms in total. The molecule has 0 fully saturated rings. The zero-order valence-corrected chi connectivity index (χ0v) is 26.0. The van der Waals surface area contributed by atoms with Gasteiger partial charge in [0.1, 0.15) is 0 Å². The Morgan fingerprint density at radius 1 is 0.213 bits per heavy atom. The summed E-state index contributed by atoms with van der Waals surface area (Å²) >= 11 is 0. The van der Waals surface area contributed by atoms with E-state index in [4.69, 9.17) is 0 Å². The average Bonchev–Trinajstić information content (AvgIpc) is 3.16. The predicted octanol–water partition coefficient (Wildman–Crippen LogP) is 13.0. The van der Waals surface area contributed by atoms with Crippen LogP contribution in [0.3, 0.4) is 0 Å². The molecule has 1 heteroatoms. The Labute approximate surface area is 276 Å². The van der Waals surface area contributed by atoms with Crippen molar-refractivity contribution in [3.05, 3.63) is 200 Å². The van der Waals surface area contributed by atoms with Crippen molar-refractivity contribution in [2.45, 2.75) is 0 Å². The minimum atomic E-state index is 1.11. The maximum Gasteiger partial charge on any atom is 0.0467 e. The molecule has 0 unspecified atom stereocenters. The summed E-state index contributed by atoms with van der Waals surface area (Å²) in [4.78, 5) is 2.34. The lowest BCUT2D eigenvalue weighted by Crippen LogP contribution is -2.09. The molecule has 8 aromatic carbocycles. The Morgan fingerprint density at radius 2 is 0.638 bits per heavy atom.